The fourth-order valence-corrected chi connectivity index (χ4v) is 1.66. The first kappa shape index (κ1) is 11.5. The van der Waals surface area contributed by atoms with Crippen LogP contribution in [-0.4, -0.2) is 16.9 Å². The van der Waals surface area contributed by atoms with E-state index in [0.29, 0.717) is 0 Å². The van der Waals surface area contributed by atoms with E-state index in [1.165, 1.54) is 0 Å². The number of aromatic nitrogens is 2. The van der Waals surface area contributed by atoms with E-state index in [4.69, 9.17) is 4.74 Å². The lowest BCUT2D eigenvalue weighted by Crippen LogP contribution is -2.00. The highest BCUT2D eigenvalue weighted by atomic mass is 16.5. The summed E-state index contributed by atoms with van der Waals surface area (Å²) in [4.78, 5) is 0. The summed E-state index contributed by atoms with van der Waals surface area (Å²) in [5.74, 6) is 0.857. The second kappa shape index (κ2) is 5.39. The number of methoxy groups -OCH3 is 1. The molecule has 0 saturated heterocycles. The summed E-state index contributed by atoms with van der Waals surface area (Å²) in [5, 5.41) is 7.57. The van der Waals surface area contributed by atoms with E-state index in [9.17, 15) is 0 Å². The molecule has 2 aromatic rings. The van der Waals surface area contributed by atoms with Crippen molar-refractivity contribution in [3.8, 4) is 5.75 Å². The second-order valence-corrected chi connectivity index (χ2v) is 3.76. The number of hydrogen-bond acceptors (Lipinski definition) is 3. The highest BCUT2D eigenvalue weighted by Crippen LogP contribution is 2.23. The molecule has 0 bridgehead atoms. The number of anilines is 1. The first-order chi connectivity index (χ1) is 8.33. The Balaban J connectivity index is 2.01. The van der Waals surface area contributed by atoms with Crippen LogP contribution in [0.2, 0.25) is 0 Å². The van der Waals surface area contributed by atoms with Crippen molar-refractivity contribution >= 4 is 5.69 Å². The lowest BCUT2D eigenvalue weighted by atomic mass is 10.2. The molecule has 0 amide bonds. The van der Waals surface area contributed by atoms with Gasteiger partial charge in [-0.25, -0.2) is 0 Å². The number of ether oxygens (including phenoxy) is 1. The van der Waals surface area contributed by atoms with Crippen LogP contribution in [0.25, 0.3) is 0 Å². The molecule has 0 spiro atoms. The molecule has 0 unspecified atom stereocenters. The number of aryl methyl sites for hydroxylation is 1. The standard InChI is InChI=1S/C13H17N3O/c1-3-16-10-11(9-15-16)8-14-12-6-4-5-7-13(12)17-2/h4-7,9-10,14H,3,8H2,1-2H3. The third-order valence-corrected chi connectivity index (χ3v) is 2.60. The number of nitrogens with zero attached hydrogens (tertiary/aromatic N) is 2. The Kier molecular flexibility index (Phi) is 3.65. The molecule has 1 heterocycles. The van der Waals surface area contributed by atoms with Crippen LogP contribution in [0.4, 0.5) is 5.69 Å². The molecule has 0 aliphatic rings. The van der Waals surface area contributed by atoms with Crippen molar-refractivity contribution in [2.45, 2.75) is 20.0 Å². The Morgan fingerprint density at radius 1 is 1.35 bits per heavy atom. The molecule has 17 heavy (non-hydrogen) atoms. The van der Waals surface area contributed by atoms with Gasteiger partial charge in [0.2, 0.25) is 0 Å². The van der Waals surface area contributed by atoms with Crippen LogP contribution in [0.3, 0.4) is 0 Å². The predicted molar refractivity (Wildman–Crippen MR) is 68.2 cm³/mol. The maximum Gasteiger partial charge on any atom is 0.141 e. The van der Waals surface area contributed by atoms with Crippen molar-refractivity contribution in [3.63, 3.8) is 0 Å². The summed E-state index contributed by atoms with van der Waals surface area (Å²) in [5.41, 5.74) is 2.16. The summed E-state index contributed by atoms with van der Waals surface area (Å²) < 4.78 is 7.19. The lowest BCUT2D eigenvalue weighted by Gasteiger charge is -2.09. The van der Waals surface area contributed by atoms with E-state index in [1.807, 2.05) is 41.3 Å². The fourth-order valence-electron chi connectivity index (χ4n) is 1.66. The number of hydrogen-bond donors (Lipinski definition) is 1. The molecular formula is C13H17N3O. The Morgan fingerprint density at radius 2 is 2.18 bits per heavy atom. The summed E-state index contributed by atoms with van der Waals surface area (Å²) in [6, 6.07) is 7.89. The molecule has 0 fully saturated rings. The van der Waals surface area contributed by atoms with Gasteiger partial charge in [0.15, 0.2) is 0 Å². The van der Waals surface area contributed by atoms with Crippen LogP contribution >= 0.6 is 0 Å². The van der Waals surface area contributed by atoms with Crippen molar-refractivity contribution in [1.29, 1.82) is 0 Å². The zero-order valence-electron chi connectivity index (χ0n) is 10.2. The molecule has 2 rings (SSSR count). The van der Waals surface area contributed by atoms with Crippen LogP contribution in [0.5, 0.6) is 5.75 Å². The van der Waals surface area contributed by atoms with E-state index >= 15 is 0 Å². The van der Waals surface area contributed by atoms with E-state index in [0.717, 1.165) is 30.1 Å². The van der Waals surface area contributed by atoms with Crippen LogP contribution in [0.1, 0.15) is 12.5 Å². The zero-order chi connectivity index (χ0) is 12.1. The summed E-state index contributed by atoms with van der Waals surface area (Å²) in [6.07, 6.45) is 3.92. The Labute approximate surface area is 101 Å². The van der Waals surface area contributed by atoms with Gasteiger partial charge in [-0.3, -0.25) is 4.68 Å². The SMILES string of the molecule is CCn1cc(CNc2ccccc2OC)cn1. The van der Waals surface area contributed by atoms with Gasteiger partial charge in [-0.05, 0) is 19.1 Å². The smallest absolute Gasteiger partial charge is 0.141 e. The zero-order valence-corrected chi connectivity index (χ0v) is 10.2. The summed E-state index contributed by atoms with van der Waals surface area (Å²) in [7, 11) is 1.68. The molecule has 0 aliphatic heterocycles. The summed E-state index contributed by atoms with van der Waals surface area (Å²) in [6.45, 7) is 3.72. The first-order valence-electron chi connectivity index (χ1n) is 5.71. The van der Waals surface area contributed by atoms with Gasteiger partial charge < -0.3 is 10.1 Å². The molecule has 0 saturated carbocycles. The van der Waals surface area contributed by atoms with E-state index < -0.39 is 0 Å². The lowest BCUT2D eigenvalue weighted by molar-refractivity contribution is 0.416. The summed E-state index contributed by atoms with van der Waals surface area (Å²) >= 11 is 0. The predicted octanol–water partition coefficient (Wildman–Crippen LogP) is 2.52. The van der Waals surface area contributed by atoms with Gasteiger partial charge in [0, 0.05) is 24.8 Å². The van der Waals surface area contributed by atoms with Crippen LogP contribution in [0, 0.1) is 0 Å². The molecule has 0 radical (unpaired) electrons. The molecule has 90 valence electrons. The molecule has 4 heteroatoms. The van der Waals surface area contributed by atoms with Gasteiger partial charge in [-0.2, -0.15) is 5.10 Å². The average Bonchev–Trinajstić information content (AvgIpc) is 2.84. The molecular weight excluding hydrogens is 214 g/mol. The van der Waals surface area contributed by atoms with Gasteiger partial charge in [0.1, 0.15) is 5.75 Å². The van der Waals surface area contributed by atoms with Gasteiger partial charge in [-0.15, -0.1) is 0 Å². The van der Waals surface area contributed by atoms with Gasteiger partial charge >= 0.3 is 0 Å². The number of benzene rings is 1. The molecule has 0 atom stereocenters. The highest BCUT2D eigenvalue weighted by molar-refractivity contribution is 5.56. The molecule has 1 N–H and O–H groups in total. The highest BCUT2D eigenvalue weighted by Gasteiger charge is 2.02. The van der Waals surface area contributed by atoms with Gasteiger partial charge in [-0.1, -0.05) is 12.1 Å². The molecule has 0 aliphatic carbocycles. The average molecular weight is 231 g/mol. The first-order valence-corrected chi connectivity index (χ1v) is 5.71. The van der Waals surface area contributed by atoms with Crippen molar-refractivity contribution in [2.75, 3.05) is 12.4 Å². The monoisotopic (exact) mass is 231 g/mol. The minimum atomic E-state index is 0.750. The van der Waals surface area contributed by atoms with Crippen molar-refractivity contribution < 1.29 is 4.74 Å². The van der Waals surface area contributed by atoms with Gasteiger partial charge in [0.25, 0.3) is 0 Å². The van der Waals surface area contributed by atoms with Crippen molar-refractivity contribution in [2.24, 2.45) is 0 Å². The molecule has 1 aromatic carbocycles. The largest absolute Gasteiger partial charge is 0.495 e. The van der Waals surface area contributed by atoms with Crippen LogP contribution in [0.15, 0.2) is 36.7 Å². The molecule has 4 nitrogen and oxygen atoms in total. The van der Waals surface area contributed by atoms with Crippen molar-refractivity contribution in [1.82, 2.24) is 9.78 Å². The number of para-hydroxylation sites is 2. The minimum absolute atomic E-state index is 0.750. The fraction of sp³-hybridized carbons (Fsp3) is 0.308. The second-order valence-electron chi connectivity index (χ2n) is 3.76. The van der Waals surface area contributed by atoms with Crippen LogP contribution in [-0.2, 0) is 13.1 Å². The maximum atomic E-state index is 5.28. The third-order valence-electron chi connectivity index (χ3n) is 2.60. The quantitative estimate of drug-likeness (QED) is 0.859. The van der Waals surface area contributed by atoms with E-state index in [-0.39, 0.29) is 0 Å². The van der Waals surface area contributed by atoms with Gasteiger partial charge in [0.05, 0.1) is 19.0 Å². The molecule has 1 aromatic heterocycles. The Bertz CT molecular complexity index is 479. The minimum Gasteiger partial charge on any atom is -0.495 e. The maximum absolute atomic E-state index is 5.28. The van der Waals surface area contributed by atoms with E-state index in [1.54, 1.807) is 7.11 Å². The number of rotatable bonds is 5. The van der Waals surface area contributed by atoms with Crippen LogP contribution < -0.4 is 10.1 Å². The van der Waals surface area contributed by atoms with E-state index in [2.05, 4.69) is 17.3 Å². The van der Waals surface area contributed by atoms with Crippen molar-refractivity contribution in [3.05, 3.63) is 42.2 Å². The number of nitrogens with one attached hydrogen (secondary N) is 1. The third kappa shape index (κ3) is 2.78. The topological polar surface area (TPSA) is 39.1 Å². The Morgan fingerprint density at radius 3 is 2.88 bits per heavy atom. The Hall–Kier alpha value is -1.97. The normalized spacial score (nSPS) is 10.2.